The highest BCUT2D eigenvalue weighted by atomic mass is 32.2. The van der Waals surface area contributed by atoms with Crippen LogP contribution in [0.4, 0.5) is 0 Å². The molecule has 0 aromatic carbocycles. The maximum absolute atomic E-state index is 12.3. The maximum atomic E-state index is 12.3. The average molecular weight is 363 g/mol. The van der Waals surface area contributed by atoms with E-state index in [1.54, 1.807) is 18.2 Å². The Morgan fingerprint density at radius 1 is 1.24 bits per heavy atom. The molecule has 2 aromatic heterocycles. The van der Waals surface area contributed by atoms with Crippen LogP contribution in [0.15, 0.2) is 22.9 Å². The monoisotopic (exact) mass is 363 g/mol. The van der Waals surface area contributed by atoms with Crippen LogP contribution in [0.5, 0.6) is 0 Å². The van der Waals surface area contributed by atoms with Crippen LogP contribution in [0.3, 0.4) is 0 Å². The van der Waals surface area contributed by atoms with Crippen molar-refractivity contribution < 1.29 is 12.9 Å². The summed E-state index contributed by atoms with van der Waals surface area (Å²) in [7, 11) is -3.17. The number of aryl methyl sites for hydroxylation is 2. The zero-order chi connectivity index (χ0) is 18.2. The van der Waals surface area contributed by atoms with Crippen LogP contribution >= 0.6 is 0 Å². The maximum Gasteiger partial charge on any atom is 0.216 e. The number of aromatic nitrogens is 2. The summed E-state index contributed by atoms with van der Waals surface area (Å²) in [6.45, 7) is 8.42. The van der Waals surface area contributed by atoms with Gasteiger partial charge in [-0.3, -0.25) is 4.98 Å². The van der Waals surface area contributed by atoms with Crippen molar-refractivity contribution in [2.24, 2.45) is 0 Å². The summed E-state index contributed by atoms with van der Waals surface area (Å²) in [4.78, 5) is 4.54. The SMILES string of the molecule is Cc1noc(C)c1-c1ccnc(C2CCN(S(=O)(=O)C(C)C)CC2)c1. The Morgan fingerprint density at radius 2 is 1.92 bits per heavy atom. The molecule has 7 heteroatoms. The molecule has 1 fully saturated rings. The second-order valence-electron chi connectivity index (χ2n) is 6.94. The number of hydrogen-bond acceptors (Lipinski definition) is 5. The summed E-state index contributed by atoms with van der Waals surface area (Å²) in [6, 6.07) is 4.05. The second-order valence-corrected chi connectivity index (χ2v) is 9.42. The van der Waals surface area contributed by atoms with E-state index in [4.69, 9.17) is 4.52 Å². The number of sulfonamides is 1. The number of pyridine rings is 1. The Morgan fingerprint density at radius 3 is 2.48 bits per heavy atom. The molecule has 136 valence electrons. The van der Waals surface area contributed by atoms with Gasteiger partial charge in [-0.1, -0.05) is 5.16 Å². The van der Waals surface area contributed by atoms with E-state index in [9.17, 15) is 8.42 Å². The van der Waals surface area contributed by atoms with Crippen LogP contribution in [0, 0.1) is 13.8 Å². The molecule has 2 aromatic rings. The minimum atomic E-state index is -3.17. The van der Waals surface area contributed by atoms with Crippen LogP contribution in [-0.4, -0.2) is 41.2 Å². The molecule has 6 nitrogen and oxygen atoms in total. The summed E-state index contributed by atoms with van der Waals surface area (Å²) in [6.07, 6.45) is 3.40. The van der Waals surface area contributed by atoms with E-state index in [0.717, 1.165) is 41.1 Å². The first-order valence-corrected chi connectivity index (χ1v) is 10.2. The molecule has 3 heterocycles. The molecule has 0 atom stereocenters. The van der Waals surface area contributed by atoms with Gasteiger partial charge in [-0.15, -0.1) is 0 Å². The fraction of sp³-hybridized carbons (Fsp3) is 0.556. The van der Waals surface area contributed by atoms with Gasteiger partial charge in [0.1, 0.15) is 5.76 Å². The molecule has 0 bridgehead atoms. The van der Waals surface area contributed by atoms with Gasteiger partial charge in [0.05, 0.1) is 10.9 Å². The standard InChI is InChI=1S/C18H25N3O3S/c1-12(2)25(22,23)21-9-6-15(7-10-21)17-11-16(5-8-19-17)18-13(3)20-24-14(18)4/h5,8,11-12,15H,6-7,9-10H2,1-4H3. The van der Waals surface area contributed by atoms with Crippen molar-refractivity contribution in [3.05, 3.63) is 35.5 Å². The topological polar surface area (TPSA) is 76.3 Å². The molecule has 1 aliphatic rings. The van der Waals surface area contributed by atoms with Crippen molar-refractivity contribution in [1.82, 2.24) is 14.4 Å². The average Bonchev–Trinajstić information content (AvgIpc) is 2.93. The highest BCUT2D eigenvalue weighted by Gasteiger charge is 2.31. The van der Waals surface area contributed by atoms with Gasteiger partial charge < -0.3 is 4.52 Å². The van der Waals surface area contributed by atoms with Gasteiger partial charge in [-0.25, -0.2) is 12.7 Å². The summed E-state index contributed by atoms with van der Waals surface area (Å²) in [5.41, 5.74) is 3.95. The normalized spacial score (nSPS) is 17.3. The third-order valence-electron chi connectivity index (χ3n) is 4.93. The van der Waals surface area contributed by atoms with Crippen LogP contribution in [0.2, 0.25) is 0 Å². The van der Waals surface area contributed by atoms with Crippen molar-refractivity contribution in [1.29, 1.82) is 0 Å². The molecule has 0 N–H and O–H groups in total. The number of piperidine rings is 1. The molecule has 1 saturated heterocycles. The summed E-state index contributed by atoms with van der Waals surface area (Å²) in [5, 5.41) is 3.65. The lowest BCUT2D eigenvalue weighted by Gasteiger charge is -2.32. The number of nitrogens with zero attached hydrogens (tertiary/aromatic N) is 3. The molecule has 25 heavy (non-hydrogen) atoms. The van der Waals surface area contributed by atoms with Gasteiger partial charge in [0.15, 0.2) is 0 Å². The lowest BCUT2D eigenvalue weighted by molar-refractivity contribution is 0.314. The van der Waals surface area contributed by atoms with Gasteiger partial charge in [-0.05, 0) is 58.2 Å². The minimum Gasteiger partial charge on any atom is -0.361 e. The van der Waals surface area contributed by atoms with Gasteiger partial charge in [0.25, 0.3) is 0 Å². The zero-order valence-electron chi connectivity index (χ0n) is 15.2. The fourth-order valence-electron chi connectivity index (χ4n) is 3.43. The smallest absolute Gasteiger partial charge is 0.216 e. The Labute approximate surface area is 149 Å². The van der Waals surface area contributed by atoms with Crippen molar-refractivity contribution in [2.75, 3.05) is 13.1 Å². The lowest BCUT2D eigenvalue weighted by Crippen LogP contribution is -2.41. The first kappa shape index (κ1) is 18.1. The highest BCUT2D eigenvalue weighted by molar-refractivity contribution is 7.89. The largest absolute Gasteiger partial charge is 0.361 e. The molecule has 0 saturated carbocycles. The molecule has 0 aliphatic carbocycles. The number of rotatable bonds is 4. The van der Waals surface area contributed by atoms with Crippen LogP contribution in [0.1, 0.15) is 49.8 Å². The quantitative estimate of drug-likeness (QED) is 0.833. The summed E-state index contributed by atoms with van der Waals surface area (Å²) in [5.74, 6) is 1.08. The summed E-state index contributed by atoms with van der Waals surface area (Å²) >= 11 is 0. The number of hydrogen-bond donors (Lipinski definition) is 0. The Kier molecular flexibility index (Phi) is 4.97. The van der Waals surface area contributed by atoms with Gasteiger partial charge in [0, 0.05) is 36.5 Å². The van der Waals surface area contributed by atoms with Crippen molar-refractivity contribution in [2.45, 2.75) is 51.7 Å². The fourth-order valence-corrected chi connectivity index (χ4v) is 4.74. The van der Waals surface area contributed by atoms with Crippen LogP contribution < -0.4 is 0 Å². The minimum absolute atomic E-state index is 0.277. The van der Waals surface area contributed by atoms with Gasteiger partial charge in [0.2, 0.25) is 10.0 Å². The highest BCUT2D eigenvalue weighted by Crippen LogP contribution is 2.32. The molecule has 0 unspecified atom stereocenters. The Bertz CT molecular complexity index is 831. The molecule has 0 radical (unpaired) electrons. The Balaban J connectivity index is 1.78. The lowest BCUT2D eigenvalue weighted by atomic mass is 9.92. The molecular weight excluding hydrogens is 338 g/mol. The van der Waals surface area contributed by atoms with Crippen molar-refractivity contribution >= 4 is 10.0 Å². The molecule has 0 spiro atoms. The third-order valence-corrected chi connectivity index (χ3v) is 7.21. The first-order chi connectivity index (χ1) is 11.8. The van der Waals surface area contributed by atoms with Crippen LogP contribution in [0.25, 0.3) is 11.1 Å². The summed E-state index contributed by atoms with van der Waals surface area (Å²) < 4.78 is 31.5. The third kappa shape index (κ3) is 3.48. The zero-order valence-corrected chi connectivity index (χ0v) is 16.0. The molecule has 0 amide bonds. The Hall–Kier alpha value is -1.73. The van der Waals surface area contributed by atoms with Crippen molar-refractivity contribution in [3.63, 3.8) is 0 Å². The predicted molar refractivity (Wildman–Crippen MR) is 96.8 cm³/mol. The second kappa shape index (κ2) is 6.88. The van der Waals surface area contributed by atoms with E-state index in [2.05, 4.69) is 16.2 Å². The molecule has 3 rings (SSSR count). The first-order valence-electron chi connectivity index (χ1n) is 8.69. The van der Waals surface area contributed by atoms with E-state index in [1.165, 1.54) is 0 Å². The van der Waals surface area contributed by atoms with E-state index in [-0.39, 0.29) is 11.2 Å². The van der Waals surface area contributed by atoms with E-state index in [1.807, 2.05) is 26.1 Å². The van der Waals surface area contributed by atoms with Crippen molar-refractivity contribution in [3.8, 4) is 11.1 Å². The molecule has 1 aliphatic heterocycles. The van der Waals surface area contributed by atoms with E-state index >= 15 is 0 Å². The van der Waals surface area contributed by atoms with E-state index in [0.29, 0.717) is 13.1 Å². The molecular formula is C18H25N3O3S. The van der Waals surface area contributed by atoms with Gasteiger partial charge >= 0.3 is 0 Å². The van der Waals surface area contributed by atoms with E-state index < -0.39 is 10.0 Å². The van der Waals surface area contributed by atoms with Crippen LogP contribution in [-0.2, 0) is 10.0 Å². The van der Waals surface area contributed by atoms with Gasteiger partial charge in [-0.2, -0.15) is 0 Å². The predicted octanol–water partition coefficient (Wildman–Crippen LogP) is 3.27.